The summed E-state index contributed by atoms with van der Waals surface area (Å²) < 4.78 is 1.87. The molecule has 0 aliphatic carbocycles. The molecule has 0 aliphatic rings. The summed E-state index contributed by atoms with van der Waals surface area (Å²) in [7, 11) is 1.86. The molecule has 2 rings (SSSR count). The second-order valence-electron chi connectivity index (χ2n) is 3.61. The van der Waals surface area contributed by atoms with E-state index in [-0.39, 0.29) is 0 Å². The highest BCUT2D eigenvalue weighted by atomic mass is 16.6. The monoisotopic (exact) mass is 227 g/mol. The largest absolute Gasteiger partial charge is 0.350 e. The van der Waals surface area contributed by atoms with E-state index in [0.717, 1.165) is 10.9 Å². The lowest BCUT2D eigenvalue weighted by atomic mass is 10.1. The van der Waals surface area contributed by atoms with Gasteiger partial charge in [0.05, 0.1) is 4.92 Å². The summed E-state index contributed by atoms with van der Waals surface area (Å²) in [5.74, 6) is 0. The van der Waals surface area contributed by atoms with Crippen LogP contribution in [0, 0.1) is 21.4 Å². The number of hydrogen-bond acceptors (Lipinski definition) is 3. The number of nitro groups is 1. The van der Waals surface area contributed by atoms with Crippen LogP contribution in [0.3, 0.4) is 0 Å². The third-order valence-corrected chi connectivity index (χ3v) is 2.53. The van der Waals surface area contributed by atoms with Crippen molar-refractivity contribution in [3.63, 3.8) is 0 Å². The molecular weight excluding hydrogens is 218 g/mol. The van der Waals surface area contributed by atoms with Crippen LogP contribution in [0.5, 0.6) is 0 Å². The maximum absolute atomic E-state index is 10.6. The zero-order valence-corrected chi connectivity index (χ0v) is 9.12. The van der Waals surface area contributed by atoms with Crippen molar-refractivity contribution >= 4 is 17.0 Å². The Morgan fingerprint density at radius 1 is 1.53 bits per heavy atom. The number of para-hydroxylation sites is 1. The lowest BCUT2D eigenvalue weighted by Gasteiger charge is -1.92. The van der Waals surface area contributed by atoms with E-state index in [2.05, 4.69) is 0 Å². The first-order valence-electron chi connectivity index (χ1n) is 4.93. The van der Waals surface area contributed by atoms with Crippen LogP contribution in [0.4, 0.5) is 0 Å². The molecule has 0 spiro atoms. The Morgan fingerprint density at radius 3 is 2.88 bits per heavy atom. The molecular formula is C12H9N3O2. The van der Waals surface area contributed by atoms with Gasteiger partial charge in [-0.3, -0.25) is 10.1 Å². The van der Waals surface area contributed by atoms with Gasteiger partial charge in [-0.15, -0.1) is 0 Å². The minimum Gasteiger partial charge on any atom is -0.350 e. The first-order chi connectivity index (χ1) is 8.13. The number of rotatable bonds is 2. The molecule has 0 amide bonds. The van der Waals surface area contributed by atoms with Gasteiger partial charge in [-0.2, -0.15) is 5.26 Å². The van der Waals surface area contributed by atoms with Crippen LogP contribution in [0.25, 0.3) is 17.0 Å². The smallest absolute Gasteiger partial charge is 0.346 e. The molecule has 0 saturated heterocycles. The maximum atomic E-state index is 10.6. The summed E-state index contributed by atoms with van der Waals surface area (Å²) in [4.78, 5) is 9.91. The van der Waals surface area contributed by atoms with Crippen molar-refractivity contribution in [3.05, 3.63) is 51.8 Å². The van der Waals surface area contributed by atoms with Crippen molar-refractivity contribution in [2.75, 3.05) is 0 Å². The van der Waals surface area contributed by atoms with E-state index in [1.165, 1.54) is 6.08 Å². The zero-order chi connectivity index (χ0) is 12.4. The van der Waals surface area contributed by atoms with Gasteiger partial charge in [0.2, 0.25) is 0 Å². The van der Waals surface area contributed by atoms with Crippen LogP contribution in [0.1, 0.15) is 5.56 Å². The Morgan fingerprint density at radius 2 is 2.24 bits per heavy atom. The number of allylic oxidation sites excluding steroid dienone is 1. The SMILES string of the molecule is Cn1cc(C=C(C#N)[N+](=O)[O-])c2ccccc21. The Bertz CT molecular complexity index is 662. The third kappa shape index (κ3) is 1.88. The number of benzene rings is 1. The maximum Gasteiger partial charge on any atom is 0.346 e. The molecule has 1 heterocycles. The summed E-state index contributed by atoms with van der Waals surface area (Å²) in [6.45, 7) is 0. The first kappa shape index (κ1) is 10.9. The Kier molecular flexibility index (Phi) is 2.63. The summed E-state index contributed by atoms with van der Waals surface area (Å²) in [6.07, 6.45) is 3.06. The van der Waals surface area contributed by atoms with Gasteiger partial charge in [-0.25, -0.2) is 0 Å². The van der Waals surface area contributed by atoms with E-state index in [4.69, 9.17) is 5.26 Å². The topological polar surface area (TPSA) is 71.9 Å². The number of hydrogen-bond donors (Lipinski definition) is 0. The standard InChI is InChI=1S/C12H9N3O2/c1-14-8-9(6-10(7-13)15(16)17)11-4-2-3-5-12(11)14/h2-6,8H,1H3. The number of aryl methyl sites for hydroxylation is 1. The van der Waals surface area contributed by atoms with Crippen LogP contribution in [0.15, 0.2) is 36.2 Å². The van der Waals surface area contributed by atoms with Crippen molar-refractivity contribution in [3.8, 4) is 6.07 Å². The summed E-state index contributed by atoms with van der Waals surface area (Å²) in [5.41, 5.74) is 1.19. The molecule has 0 N–H and O–H groups in total. The molecule has 0 bridgehead atoms. The molecule has 84 valence electrons. The Labute approximate surface area is 97.3 Å². The number of aromatic nitrogens is 1. The molecule has 0 aliphatic heterocycles. The molecule has 0 saturated carbocycles. The predicted molar refractivity (Wildman–Crippen MR) is 63.5 cm³/mol. The van der Waals surface area contributed by atoms with Crippen molar-refractivity contribution in [2.24, 2.45) is 7.05 Å². The van der Waals surface area contributed by atoms with Crippen LogP contribution < -0.4 is 0 Å². The fourth-order valence-corrected chi connectivity index (χ4v) is 1.76. The van der Waals surface area contributed by atoms with Gasteiger partial charge < -0.3 is 4.57 Å². The molecule has 5 heteroatoms. The van der Waals surface area contributed by atoms with Crippen LogP contribution >= 0.6 is 0 Å². The van der Waals surface area contributed by atoms with Gasteiger partial charge in [-0.1, -0.05) is 18.2 Å². The summed E-state index contributed by atoms with van der Waals surface area (Å²) >= 11 is 0. The average molecular weight is 227 g/mol. The highest BCUT2D eigenvalue weighted by molar-refractivity contribution is 5.89. The highest BCUT2D eigenvalue weighted by Crippen LogP contribution is 2.22. The summed E-state index contributed by atoms with van der Waals surface area (Å²) in [5, 5.41) is 20.1. The zero-order valence-electron chi connectivity index (χ0n) is 9.12. The molecule has 1 aromatic carbocycles. The van der Waals surface area contributed by atoms with Crippen LogP contribution in [-0.2, 0) is 7.05 Å². The van der Waals surface area contributed by atoms with Gasteiger partial charge >= 0.3 is 5.70 Å². The van der Waals surface area contributed by atoms with E-state index in [0.29, 0.717) is 5.56 Å². The van der Waals surface area contributed by atoms with E-state index in [9.17, 15) is 10.1 Å². The van der Waals surface area contributed by atoms with Gasteiger partial charge in [0.15, 0.2) is 6.07 Å². The van der Waals surface area contributed by atoms with Crippen LogP contribution in [-0.4, -0.2) is 9.49 Å². The normalized spacial score (nSPS) is 11.4. The Hall–Kier alpha value is -2.61. The average Bonchev–Trinajstić information content (AvgIpc) is 2.63. The molecule has 2 aromatic rings. The third-order valence-electron chi connectivity index (χ3n) is 2.53. The predicted octanol–water partition coefficient (Wildman–Crippen LogP) is 2.32. The molecule has 0 unspecified atom stereocenters. The van der Waals surface area contributed by atoms with Crippen molar-refractivity contribution in [1.29, 1.82) is 5.26 Å². The minimum absolute atomic E-state index is 0.457. The second-order valence-corrected chi connectivity index (χ2v) is 3.61. The first-order valence-corrected chi connectivity index (χ1v) is 4.93. The van der Waals surface area contributed by atoms with Crippen LogP contribution in [0.2, 0.25) is 0 Å². The van der Waals surface area contributed by atoms with E-state index >= 15 is 0 Å². The summed E-state index contributed by atoms with van der Waals surface area (Å²) in [6, 6.07) is 9.13. The van der Waals surface area contributed by atoms with Crippen molar-refractivity contribution in [1.82, 2.24) is 4.57 Å². The van der Waals surface area contributed by atoms with Gasteiger partial charge in [0.25, 0.3) is 0 Å². The number of nitriles is 1. The van der Waals surface area contributed by atoms with Gasteiger partial charge in [0.1, 0.15) is 0 Å². The molecule has 17 heavy (non-hydrogen) atoms. The lowest BCUT2D eigenvalue weighted by molar-refractivity contribution is -0.415. The lowest BCUT2D eigenvalue weighted by Crippen LogP contribution is -1.94. The molecule has 1 aromatic heterocycles. The van der Waals surface area contributed by atoms with E-state index in [1.807, 2.05) is 35.9 Å². The molecule has 5 nitrogen and oxygen atoms in total. The molecule has 0 fully saturated rings. The van der Waals surface area contributed by atoms with Gasteiger partial charge in [0, 0.05) is 35.8 Å². The number of nitrogens with zero attached hydrogens (tertiary/aromatic N) is 3. The second kappa shape index (κ2) is 4.10. The quantitative estimate of drug-likeness (QED) is 0.449. The van der Waals surface area contributed by atoms with E-state index in [1.54, 1.807) is 12.3 Å². The minimum atomic E-state index is -0.679. The molecule has 0 atom stereocenters. The highest BCUT2D eigenvalue weighted by Gasteiger charge is 2.11. The van der Waals surface area contributed by atoms with E-state index < -0.39 is 10.6 Å². The van der Waals surface area contributed by atoms with Crippen molar-refractivity contribution in [2.45, 2.75) is 0 Å². The Balaban J connectivity index is 2.65. The van der Waals surface area contributed by atoms with Crippen molar-refractivity contribution < 1.29 is 4.92 Å². The fraction of sp³-hybridized carbons (Fsp3) is 0.0833. The fourth-order valence-electron chi connectivity index (χ4n) is 1.76. The van der Waals surface area contributed by atoms with Gasteiger partial charge in [-0.05, 0) is 6.07 Å². The molecule has 0 radical (unpaired) electrons. The number of fused-ring (bicyclic) bond motifs is 1.